The largest absolute Gasteiger partial charge is 0.478 e. The molecule has 0 heterocycles. The topological polar surface area (TPSA) is 52.3 Å². The van der Waals surface area contributed by atoms with Crippen molar-refractivity contribution in [1.29, 1.82) is 0 Å². The first kappa shape index (κ1) is 10.4. The molecule has 1 rings (SSSR count). The van der Waals surface area contributed by atoms with Crippen LogP contribution in [-0.2, 0) is 4.79 Å². The lowest BCUT2D eigenvalue weighted by Gasteiger charge is -2.11. The zero-order valence-electron chi connectivity index (χ0n) is 7.46. The highest BCUT2D eigenvalue weighted by Gasteiger charge is 2.13. The van der Waals surface area contributed by atoms with E-state index >= 15 is 0 Å². The third-order valence-corrected chi connectivity index (χ3v) is 1.60. The standard InChI is InChI=1S/C9H9F2NO2/c1-5(9(12)13)14-8-3-2-6(10)4-7(8)11/h2-5H,1H3,(H2,12,13)/t5-/m0/s1. The lowest BCUT2D eigenvalue weighted by atomic mass is 10.3. The SMILES string of the molecule is C[C@H](Oc1ccc(F)cc1F)C(N)=O. The number of rotatable bonds is 3. The summed E-state index contributed by atoms with van der Waals surface area (Å²) in [5, 5.41) is 0. The van der Waals surface area contributed by atoms with Gasteiger partial charge in [-0.05, 0) is 19.1 Å². The van der Waals surface area contributed by atoms with Gasteiger partial charge >= 0.3 is 0 Å². The number of ether oxygens (including phenoxy) is 1. The van der Waals surface area contributed by atoms with E-state index in [0.29, 0.717) is 6.07 Å². The Hall–Kier alpha value is -1.65. The van der Waals surface area contributed by atoms with E-state index in [1.807, 2.05) is 0 Å². The highest BCUT2D eigenvalue weighted by Crippen LogP contribution is 2.18. The number of carbonyl (C=O) groups excluding carboxylic acids is 1. The molecule has 0 aliphatic heterocycles. The fourth-order valence-electron chi connectivity index (χ4n) is 0.819. The van der Waals surface area contributed by atoms with E-state index in [2.05, 4.69) is 0 Å². The summed E-state index contributed by atoms with van der Waals surface area (Å²) in [4.78, 5) is 10.6. The Balaban J connectivity index is 2.82. The predicted molar refractivity (Wildman–Crippen MR) is 45.6 cm³/mol. The number of carbonyl (C=O) groups is 1. The average Bonchev–Trinajstić information content (AvgIpc) is 2.09. The van der Waals surface area contributed by atoms with E-state index in [4.69, 9.17) is 10.5 Å². The van der Waals surface area contributed by atoms with Gasteiger partial charge in [-0.2, -0.15) is 0 Å². The van der Waals surface area contributed by atoms with Crippen LogP contribution < -0.4 is 10.5 Å². The number of nitrogens with two attached hydrogens (primary N) is 1. The molecule has 0 aliphatic rings. The van der Waals surface area contributed by atoms with Crippen molar-refractivity contribution < 1.29 is 18.3 Å². The smallest absolute Gasteiger partial charge is 0.258 e. The summed E-state index contributed by atoms with van der Waals surface area (Å²) in [5.41, 5.74) is 4.90. The number of hydrogen-bond donors (Lipinski definition) is 1. The molecular weight excluding hydrogens is 192 g/mol. The van der Waals surface area contributed by atoms with Crippen LogP contribution in [0.1, 0.15) is 6.92 Å². The second-order valence-corrected chi connectivity index (χ2v) is 2.74. The maximum absolute atomic E-state index is 13.0. The molecule has 0 aromatic heterocycles. The molecule has 3 nitrogen and oxygen atoms in total. The number of benzene rings is 1. The van der Waals surface area contributed by atoms with Crippen molar-refractivity contribution in [3.8, 4) is 5.75 Å². The molecule has 0 spiro atoms. The van der Waals surface area contributed by atoms with Crippen LogP contribution >= 0.6 is 0 Å². The molecule has 1 aromatic carbocycles. The lowest BCUT2D eigenvalue weighted by molar-refractivity contribution is -0.124. The molecule has 0 bridgehead atoms. The number of primary amides is 1. The second kappa shape index (κ2) is 4.04. The van der Waals surface area contributed by atoms with Crippen molar-refractivity contribution in [2.75, 3.05) is 0 Å². The third-order valence-electron chi connectivity index (χ3n) is 1.60. The van der Waals surface area contributed by atoms with Crippen molar-refractivity contribution in [2.24, 2.45) is 5.73 Å². The first-order chi connectivity index (χ1) is 6.50. The summed E-state index contributed by atoms with van der Waals surface area (Å²) in [6, 6.07) is 2.80. The molecule has 0 radical (unpaired) electrons. The molecule has 1 atom stereocenters. The third kappa shape index (κ3) is 2.42. The quantitative estimate of drug-likeness (QED) is 0.799. The van der Waals surface area contributed by atoms with Crippen LogP contribution in [0.3, 0.4) is 0 Å². The van der Waals surface area contributed by atoms with Gasteiger partial charge in [0, 0.05) is 6.07 Å². The van der Waals surface area contributed by atoms with Gasteiger partial charge in [-0.15, -0.1) is 0 Å². The number of hydrogen-bond acceptors (Lipinski definition) is 2. The van der Waals surface area contributed by atoms with E-state index < -0.39 is 23.6 Å². The van der Waals surface area contributed by atoms with Crippen molar-refractivity contribution in [3.63, 3.8) is 0 Å². The Morgan fingerprint density at radius 2 is 2.14 bits per heavy atom. The fraction of sp³-hybridized carbons (Fsp3) is 0.222. The van der Waals surface area contributed by atoms with Gasteiger partial charge < -0.3 is 10.5 Å². The predicted octanol–water partition coefficient (Wildman–Crippen LogP) is 1.22. The molecule has 76 valence electrons. The first-order valence-electron chi connectivity index (χ1n) is 3.91. The summed E-state index contributed by atoms with van der Waals surface area (Å²) < 4.78 is 30.3. The molecule has 0 unspecified atom stereocenters. The molecule has 2 N–H and O–H groups in total. The Morgan fingerprint density at radius 1 is 1.50 bits per heavy atom. The molecule has 0 fully saturated rings. The van der Waals surface area contributed by atoms with Crippen LogP contribution in [0.5, 0.6) is 5.75 Å². The highest BCUT2D eigenvalue weighted by atomic mass is 19.1. The zero-order valence-corrected chi connectivity index (χ0v) is 7.46. The first-order valence-corrected chi connectivity index (χ1v) is 3.91. The van der Waals surface area contributed by atoms with Gasteiger partial charge in [0.1, 0.15) is 5.82 Å². The normalized spacial score (nSPS) is 12.2. The molecular formula is C9H9F2NO2. The van der Waals surface area contributed by atoms with Gasteiger partial charge in [0.25, 0.3) is 5.91 Å². The van der Waals surface area contributed by atoms with Crippen molar-refractivity contribution in [2.45, 2.75) is 13.0 Å². The maximum atomic E-state index is 13.0. The van der Waals surface area contributed by atoms with E-state index in [-0.39, 0.29) is 5.75 Å². The van der Waals surface area contributed by atoms with Crippen LogP contribution in [0.2, 0.25) is 0 Å². The van der Waals surface area contributed by atoms with Gasteiger partial charge in [0.2, 0.25) is 0 Å². The van der Waals surface area contributed by atoms with Crippen LogP contribution in [-0.4, -0.2) is 12.0 Å². The van der Waals surface area contributed by atoms with Crippen LogP contribution in [0.4, 0.5) is 8.78 Å². The van der Waals surface area contributed by atoms with E-state index in [9.17, 15) is 13.6 Å². The summed E-state index contributed by atoms with van der Waals surface area (Å²) in [7, 11) is 0. The Morgan fingerprint density at radius 3 is 2.64 bits per heavy atom. The minimum atomic E-state index is -0.949. The molecule has 0 saturated heterocycles. The van der Waals surface area contributed by atoms with E-state index in [1.54, 1.807) is 0 Å². The minimum absolute atomic E-state index is 0.197. The van der Waals surface area contributed by atoms with Crippen molar-refractivity contribution >= 4 is 5.91 Å². The van der Waals surface area contributed by atoms with E-state index in [0.717, 1.165) is 12.1 Å². The molecule has 5 heteroatoms. The summed E-state index contributed by atoms with van der Waals surface area (Å²) in [6.07, 6.45) is -0.949. The Bertz CT molecular complexity index is 355. The van der Waals surface area contributed by atoms with Gasteiger partial charge in [0.05, 0.1) is 0 Å². The van der Waals surface area contributed by atoms with Crippen LogP contribution in [0, 0.1) is 11.6 Å². The van der Waals surface area contributed by atoms with Gasteiger partial charge in [-0.3, -0.25) is 4.79 Å². The van der Waals surface area contributed by atoms with Crippen molar-refractivity contribution in [3.05, 3.63) is 29.8 Å². The fourth-order valence-corrected chi connectivity index (χ4v) is 0.819. The Kier molecular flexibility index (Phi) is 3.01. The Labute approximate surface area is 79.5 Å². The van der Waals surface area contributed by atoms with Crippen LogP contribution in [0.25, 0.3) is 0 Å². The highest BCUT2D eigenvalue weighted by molar-refractivity contribution is 5.78. The summed E-state index contributed by atoms with van der Waals surface area (Å²) in [6.45, 7) is 1.38. The van der Waals surface area contributed by atoms with Crippen LogP contribution in [0.15, 0.2) is 18.2 Å². The number of halogens is 2. The molecule has 0 aliphatic carbocycles. The van der Waals surface area contributed by atoms with Gasteiger partial charge in [0.15, 0.2) is 17.7 Å². The lowest BCUT2D eigenvalue weighted by Crippen LogP contribution is -2.30. The summed E-state index contributed by atoms with van der Waals surface area (Å²) >= 11 is 0. The minimum Gasteiger partial charge on any atom is -0.478 e. The molecule has 14 heavy (non-hydrogen) atoms. The average molecular weight is 201 g/mol. The van der Waals surface area contributed by atoms with Crippen molar-refractivity contribution in [1.82, 2.24) is 0 Å². The van der Waals surface area contributed by atoms with Gasteiger partial charge in [-0.1, -0.05) is 0 Å². The zero-order chi connectivity index (χ0) is 10.7. The monoisotopic (exact) mass is 201 g/mol. The second-order valence-electron chi connectivity index (χ2n) is 2.74. The van der Waals surface area contributed by atoms with Gasteiger partial charge in [-0.25, -0.2) is 8.78 Å². The maximum Gasteiger partial charge on any atom is 0.258 e. The molecule has 0 saturated carbocycles. The molecule has 1 aromatic rings. The van der Waals surface area contributed by atoms with E-state index in [1.165, 1.54) is 6.92 Å². The molecule has 1 amide bonds. The number of amides is 1. The summed E-state index contributed by atoms with van der Waals surface area (Å²) in [5.74, 6) is -2.48.